The third-order valence-corrected chi connectivity index (χ3v) is 3.35. The molecule has 1 aliphatic heterocycles. The molecular weight excluding hydrogens is 234 g/mol. The van der Waals surface area contributed by atoms with Crippen LogP contribution < -0.4 is 0 Å². The molecule has 0 aliphatic carbocycles. The van der Waals surface area contributed by atoms with E-state index in [4.69, 9.17) is 9.15 Å². The fourth-order valence-electron chi connectivity index (χ4n) is 2.09. The summed E-state index contributed by atoms with van der Waals surface area (Å²) in [5.41, 5.74) is -0.908. The zero-order valence-electron chi connectivity index (χ0n) is 10.8. The average Bonchev–Trinajstić information content (AvgIpc) is 2.91. The quantitative estimate of drug-likeness (QED) is 0.879. The Labute approximate surface area is 106 Å². The topological polar surface area (TPSA) is 62.9 Å². The maximum Gasteiger partial charge on any atom is 0.231 e. The Morgan fingerprint density at radius 3 is 2.67 bits per heavy atom. The van der Waals surface area contributed by atoms with E-state index < -0.39 is 11.5 Å². The number of hydrogen-bond acceptors (Lipinski definition) is 4. The summed E-state index contributed by atoms with van der Waals surface area (Å²) >= 11 is 0. The number of amides is 1. The van der Waals surface area contributed by atoms with E-state index in [-0.39, 0.29) is 5.91 Å². The van der Waals surface area contributed by atoms with Crippen LogP contribution in [0.15, 0.2) is 22.8 Å². The predicted molar refractivity (Wildman–Crippen MR) is 64.8 cm³/mol. The number of carbonyl (C=O) groups is 1. The standard InChI is InChI=1S/C13H19NO4/c1-13(2,11(15)10-4-3-7-18-10)12(16)14-5-8-17-9-6-14/h3-4,7,11,15H,5-6,8-9H2,1-2H3/t11-/m1/s1. The SMILES string of the molecule is CC(C)(C(=O)N1CCOCC1)[C@H](O)c1ccco1. The summed E-state index contributed by atoms with van der Waals surface area (Å²) < 4.78 is 10.4. The highest BCUT2D eigenvalue weighted by molar-refractivity contribution is 5.82. The first kappa shape index (κ1) is 13.1. The summed E-state index contributed by atoms with van der Waals surface area (Å²) in [6.45, 7) is 5.73. The molecular formula is C13H19NO4. The van der Waals surface area contributed by atoms with Crippen LogP contribution in [0.2, 0.25) is 0 Å². The molecule has 1 amide bonds. The van der Waals surface area contributed by atoms with Crippen LogP contribution in [0.25, 0.3) is 0 Å². The zero-order valence-corrected chi connectivity index (χ0v) is 10.8. The van der Waals surface area contributed by atoms with Gasteiger partial charge in [0, 0.05) is 13.1 Å². The number of aliphatic hydroxyl groups excluding tert-OH is 1. The van der Waals surface area contributed by atoms with Crippen molar-refractivity contribution >= 4 is 5.91 Å². The zero-order chi connectivity index (χ0) is 13.2. The fourth-order valence-corrected chi connectivity index (χ4v) is 2.09. The Bertz CT molecular complexity index is 393. The second-order valence-corrected chi connectivity index (χ2v) is 5.04. The smallest absolute Gasteiger partial charge is 0.231 e. The van der Waals surface area contributed by atoms with Crippen molar-refractivity contribution in [3.8, 4) is 0 Å². The average molecular weight is 253 g/mol. The monoisotopic (exact) mass is 253 g/mol. The number of rotatable bonds is 3. The van der Waals surface area contributed by atoms with Gasteiger partial charge in [0.1, 0.15) is 11.9 Å². The molecule has 100 valence electrons. The minimum absolute atomic E-state index is 0.0744. The van der Waals surface area contributed by atoms with Crippen LogP contribution in [0.1, 0.15) is 25.7 Å². The van der Waals surface area contributed by atoms with Gasteiger partial charge in [-0.15, -0.1) is 0 Å². The first-order valence-corrected chi connectivity index (χ1v) is 6.12. The van der Waals surface area contributed by atoms with Crippen molar-refractivity contribution in [3.63, 3.8) is 0 Å². The highest BCUT2D eigenvalue weighted by atomic mass is 16.5. The van der Waals surface area contributed by atoms with E-state index in [1.165, 1.54) is 6.26 Å². The van der Waals surface area contributed by atoms with Crippen LogP contribution in [0.4, 0.5) is 0 Å². The molecule has 18 heavy (non-hydrogen) atoms. The second kappa shape index (κ2) is 5.12. The first-order valence-electron chi connectivity index (χ1n) is 6.12. The molecule has 1 saturated heterocycles. The van der Waals surface area contributed by atoms with Gasteiger partial charge in [-0.05, 0) is 26.0 Å². The van der Waals surface area contributed by atoms with Gasteiger partial charge in [-0.1, -0.05) is 0 Å². The van der Waals surface area contributed by atoms with Crippen molar-refractivity contribution in [2.45, 2.75) is 20.0 Å². The van der Waals surface area contributed by atoms with E-state index in [2.05, 4.69) is 0 Å². The largest absolute Gasteiger partial charge is 0.467 e. The molecule has 0 aromatic carbocycles. The molecule has 1 aromatic rings. The molecule has 1 atom stereocenters. The third kappa shape index (κ3) is 2.42. The predicted octanol–water partition coefficient (Wildman–Crippen LogP) is 1.20. The van der Waals surface area contributed by atoms with Gasteiger partial charge >= 0.3 is 0 Å². The van der Waals surface area contributed by atoms with Crippen molar-refractivity contribution < 1.29 is 19.1 Å². The van der Waals surface area contributed by atoms with Crippen LogP contribution in [-0.2, 0) is 9.53 Å². The summed E-state index contributed by atoms with van der Waals surface area (Å²) in [7, 11) is 0. The van der Waals surface area contributed by atoms with E-state index in [9.17, 15) is 9.90 Å². The maximum absolute atomic E-state index is 12.4. The molecule has 1 N–H and O–H groups in total. The molecule has 0 saturated carbocycles. The van der Waals surface area contributed by atoms with Crippen molar-refractivity contribution in [2.24, 2.45) is 5.41 Å². The first-order chi connectivity index (χ1) is 8.53. The molecule has 0 unspecified atom stereocenters. The van der Waals surface area contributed by atoms with Gasteiger partial charge in [0.25, 0.3) is 0 Å². The maximum atomic E-state index is 12.4. The lowest BCUT2D eigenvalue weighted by Crippen LogP contribution is -2.48. The molecule has 1 aromatic heterocycles. The van der Waals surface area contributed by atoms with E-state index >= 15 is 0 Å². The Balaban J connectivity index is 2.11. The van der Waals surface area contributed by atoms with E-state index in [1.807, 2.05) is 0 Å². The van der Waals surface area contributed by atoms with Crippen LogP contribution in [0.5, 0.6) is 0 Å². The summed E-state index contributed by atoms with van der Waals surface area (Å²) in [5, 5.41) is 10.3. The number of morpholine rings is 1. The van der Waals surface area contributed by atoms with Gasteiger partial charge in [0.15, 0.2) is 0 Å². The third-order valence-electron chi connectivity index (χ3n) is 3.35. The number of nitrogens with zero attached hydrogens (tertiary/aromatic N) is 1. The molecule has 0 radical (unpaired) electrons. The number of aliphatic hydroxyl groups is 1. The molecule has 5 nitrogen and oxygen atoms in total. The normalized spacial score (nSPS) is 18.7. The molecule has 2 heterocycles. The number of ether oxygens (including phenoxy) is 1. The van der Waals surface area contributed by atoms with Crippen LogP contribution in [0.3, 0.4) is 0 Å². The molecule has 5 heteroatoms. The summed E-state index contributed by atoms with van der Waals surface area (Å²) in [4.78, 5) is 14.2. The van der Waals surface area contributed by atoms with E-state index in [0.29, 0.717) is 32.1 Å². The summed E-state index contributed by atoms with van der Waals surface area (Å²) in [5.74, 6) is 0.344. The van der Waals surface area contributed by atoms with Crippen molar-refractivity contribution in [1.82, 2.24) is 4.90 Å². The second-order valence-electron chi connectivity index (χ2n) is 5.04. The number of furan rings is 1. The van der Waals surface area contributed by atoms with Gasteiger partial charge in [0.2, 0.25) is 5.91 Å². The molecule has 0 spiro atoms. The van der Waals surface area contributed by atoms with Gasteiger partial charge in [-0.25, -0.2) is 0 Å². The van der Waals surface area contributed by atoms with Gasteiger partial charge in [-0.3, -0.25) is 4.79 Å². The van der Waals surface area contributed by atoms with Gasteiger partial charge in [-0.2, -0.15) is 0 Å². The highest BCUT2D eigenvalue weighted by Gasteiger charge is 2.41. The lowest BCUT2D eigenvalue weighted by molar-refractivity contribution is -0.151. The highest BCUT2D eigenvalue weighted by Crippen LogP contribution is 2.35. The Morgan fingerprint density at radius 1 is 1.44 bits per heavy atom. The van der Waals surface area contributed by atoms with Crippen LogP contribution in [-0.4, -0.2) is 42.2 Å². The molecule has 1 aliphatic rings. The minimum atomic E-state index is -0.942. The van der Waals surface area contributed by atoms with Crippen LogP contribution in [0, 0.1) is 5.41 Å². The fraction of sp³-hybridized carbons (Fsp3) is 0.615. The lowest BCUT2D eigenvalue weighted by Gasteiger charge is -2.36. The molecule has 0 bridgehead atoms. The molecule has 2 rings (SSSR count). The Hall–Kier alpha value is -1.33. The number of carbonyl (C=O) groups excluding carboxylic acids is 1. The van der Waals surface area contributed by atoms with E-state index in [1.54, 1.807) is 30.9 Å². The van der Waals surface area contributed by atoms with E-state index in [0.717, 1.165) is 0 Å². The summed E-state index contributed by atoms with van der Waals surface area (Å²) in [6.07, 6.45) is 0.552. The van der Waals surface area contributed by atoms with Gasteiger partial charge < -0.3 is 19.2 Å². The Morgan fingerprint density at radius 2 is 2.11 bits per heavy atom. The van der Waals surface area contributed by atoms with Crippen molar-refractivity contribution in [2.75, 3.05) is 26.3 Å². The lowest BCUT2D eigenvalue weighted by atomic mass is 9.83. The van der Waals surface area contributed by atoms with Crippen molar-refractivity contribution in [1.29, 1.82) is 0 Å². The van der Waals surface area contributed by atoms with Gasteiger partial charge in [0.05, 0.1) is 24.9 Å². The number of hydrogen-bond donors (Lipinski definition) is 1. The van der Waals surface area contributed by atoms with Crippen molar-refractivity contribution in [3.05, 3.63) is 24.2 Å². The van der Waals surface area contributed by atoms with Crippen LogP contribution >= 0.6 is 0 Å². The Kier molecular flexibility index (Phi) is 3.73. The minimum Gasteiger partial charge on any atom is -0.467 e. The molecule has 1 fully saturated rings. The summed E-state index contributed by atoms with van der Waals surface area (Å²) in [6, 6.07) is 3.38.